The number of hydrogen-bond donors (Lipinski definition) is 1. The maximum atomic E-state index is 11.6. The predicted molar refractivity (Wildman–Crippen MR) is 67.2 cm³/mol. The second-order valence-electron chi connectivity index (χ2n) is 5.73. The zero-order valence-electron chi connectivity index (χ0n) is 11.6. The molecule has 104 valence electrons. The van der Waals surface area contributed by atoms with Crippen LogP contribution in [-0.2, 0) is 14.3 Å². The van der Waals surface area contributed by atoms with E-state index in [1.807, 2.05) is 20.8 Å². The largest absolute Gasteiger partial charge is 0.463 e. The van der Waals surface area contributed by atoms with Crippen molar-refractivity contribution in [2.75, 3.05) is 0 Å². The second kappa shape index (κ2) is 6.07. The van der Waals surface area contributed by atoms with Gasteiger partial charge in [-0.15, -0.1) is 0 Å². The quantitative estimate of drug-likeness (QED) is 0.771. The van der Waals surface area contributed by atoms with E-state index in [1.54, 1.807) is 0 Å². The number of ether oxygens (including phenoxy) is 2. The Balaban J connectivity index is 2.27. The topological polar surface area (TPSA) is 64.6 Å². The maximum Gasteiger partial charge on any atom is 0.407 e. The molecule has 5 nitrogen and oxygen atoms in total. The Morgan fingerprint density at radius 3 is 2.11 bits per heavy atom. The first-order chi connectivity index (χ1) is 8.26. The minimum absolute atomic E-state index is 0.000753. The lowest BCUT2D eigenvalue weighted by atomic mass is 9.93. The summed E-state index contributed by atoms with van der Waals surface area (Å²) < 4.78 is 10.3. The van der Waals surface area contributed by atoms with E-state index in [4.69, 9.17) is 9.47 Å². The van der Waals surface area contributed by atoms with E-state index < -0.39 is 5.60 Å². The highest BCUT2D eigenvalue weighted by Crippen LogP contribution is 2.21. The van der Waals surface area contributed by atoms with Gasteiger partial charge in [-0.3, -0.25) is 4.79 Å². The van der Waals surface area contributed by atoms with E-state index in [9.17, 15) is 9.59 Å². The zero-order chi connectivity index (χ0) is 13.8. The molecule has 0 radical (unpaired) electrons. The Bertz CT molecular complexity index is 301. The number of carbonyl (C=O) groups is 2. The molecule has 0 aromatic carbocycles. The summed E-state index contributed by atoms with van der Waals surface area (Å²) in [6.07, 6.45) is 2.84. The van der Waals surface area contributed by atoms with Gasteiger partial charge in [-0.05, 0) is 46.5 Å². The molecule has 0 aromatic heterocycles. The van der Waals surface area contributed by atoms with Gasteiger partial charge in [0.25, 0.3) is 0 Å². The average molecular weight is 257 g/mol. The molecule has 1 amide bonds. The summed E-state index contributed by atoms with van der Waals surface area (Å²) in [5, 5.41) is 2.85. The Hall–Kier alpha value is -1.26. The van der Waals surface area contributed by atoms with Crippen molar-refractivity contribution in [3.8, 4) is 0 Å². The number of rotatable bonds is 2. The summed E-state index contributed by atoms with van der Waals surface area (Å²) in [7, 11) is 0. The molecule has 0 aliphatic heterocycles. The van der Waals surface area contributed by atoms with Crippen LogP contribution in [0.15, 0.2) is 0 Å². The third-order valence-electron chi connectivity index (χ3n) is 2.73. The van der Waals surface area contributed by atoms with Crippen LogP contribution in [0.5, 0.6) is 0 Å². The molecule has 1 rings (SSSR count). The maximum absolute atomic E-state index is 11.6. The fourth-order valence-electron chi connectivity index (χ4n) is 2.03. The first-order valence-electron chi connectivity index (χ1n) is 6.43. The third-order valence-corrected chi connectivity index (χ3v) is 2.73. The molecule has 18 heavy (non-hydrogen) atoms. The van der Waals surface area contributed by atoms with Crippen LogP contribution in [0.4, 0.5) is 4.79 Å². The van der Waals surface area contributed by atoms with E-state index in [0.717, 1.165) is 25.7 Å². The van der Waals surface area contributed by atoms with Crippen molar-refractivity contribution in [2.24, 2.45) is 0 Å². The predicted octanol–water partition coefficient (Wildman–Crippen LogP) is 2.39. The van der Waals surface area contributed by atoms with Crippen molar-refractivity contribution in [3.63, 3.8) is 0 Å². The summed E-state index contributed by atoms with van der Waals surface area (Å²) in [4.78, 5) is 22.4. The van der Waals surface area contributed by atoms with E-state index in [1.165, 1.54) is 6.92 Å². The van der Waals surface area contributed by atoms with Crippen LogP contribution in [0.25, 0.3) is 0 Å². The summed E-state index contributed by atoms with van der Waals surface area (Å²) in [6.45, 7) is 6.93. The van der Waals surface area contributed by atoms with Crippen molar-refractivity contribution in [1.82, 2.24) is 5.32 Å². The lowest BCUT2D eigenvalue weighted by molar-refractivity contribution is -0.147. The molecule has 0 aromatic rings. The van der Waals surface area contributed by atoms with Crippen LogP contribution < -0.4 is 5.32 Å². The van der Waals surface area contributed by atoms with Gasteiger partial charge in [0.1, 0.15) is 11.7 Å². The fraction of sp³-hybridized carbons (Fsp3) is 0.846. The van der Waals surface area contributed by atoms with Crippen molar-refractivity contribution in [3.05, 3.63) is 0 Å². The van der Waals surface area contributed by atoms with Gasteiger partial charge in [0.15, 0.2) is 0 Å². The summed E-state index contributed by atoms with van der Waals surface area (Å²) >= 11 is 0. The molecule has 1 fully saturated rings. The highest BCUT2D eigenvalue weighted by atomic mass is 16.6. The van der Waals surface area contributed by atoms with Crippen molar-refractivity contribution in [2.45, 2.75) is 71.1 Å². The van der Waals surface area contributed by atoms with E-state index in [-0.39, 0.29) is 24.2 Å². The molecular formula is C13H23NO4. The van der Waals surface area contributed by atoms with Gasteiger partial charge in [-0.1, -0.05) is 0 Å². The number of hydrogen-bond acceptors (Lipinski definition) is 4. The van der Waals surface area contributed by atoms with Gasteiger partial charge in [-0.2, -0.15) is 0 Å². The first kappa shape index (κ1) is 14.8. The van der Waals surface area contributed by atoms with Gasteiger partial charge >= 0.3 is 12.1 Å². The molecular weight excluding hydrogens is 234 g/mol. The van der Waals surface area contributed by atoms with Crippen molar-refractivity contribution in [1.29, 1.82) is 0 Å². The molecule has 0 bridgehead atoms. The fourth-order valence-corrected chi connectivity index (χ4v) is 2.03. The molecule has 0 atom stereocenters. The van der Waals surface area contributed by atoms with E-state index in [2.05, 4.69) is 5.32 Å². The zero-order valence-corrected chi connectivity index (χ0v) is 11.6. The number of carbonyl (C=O) groups excluding carboxylic acids is 2. The summed E-state index contributed by atoms with van der Waals surface area (Å²) in [5.74, 6) is -0.237. The minimum atomic E-state index is -0.473. The molecule has 1 aliphatic carbocycles. The lowest BCUT2D eigenvalue weighted by Gasteiger charge is -2.29. The molecule has 1 aliphatic rings. The summed E-state index contributed by atoms with van der Waals surface area (Å²) in [6, 6.07) is 0.117. The highest BCUT2D eigenvalue weighted by Gasteiger charge is 2.25. The Labute approximate surface area is 108 Å². The van der Waals surface area contributed by atoms with Gasteiger partial charge in [0, 0.05) is 13.0 Å². The third kappa shape index (κ3) is 5.89. The van der Waals surface area contributed by atoms with Crippen molar-refractivity contribution < 1.29 is 19.1 Å². The number of nitrogens with one attached hydrogen (secondary N) is 1. The van der Waals surface area contributed by atoms with Crippen LogP contribution in [-0.4, -0.2) is 29.8 Å². The second-order valence-corrected chi connectivity index (χ2v) is 5.73. The number of amides is 1. The molecule has 1 saturated carbocycles. The van der Waals surface area contributed by atoms with Gasteiger partial charge in [-0.25, -0.2) is 4.79 Å². The molecule has 1 N–H and O–H groups in total. The van der Waals surface area contributed by atoms with Crippen LogP contribution in [0.3, 0.4) is 0 Å². The van der Waals surface area contributed by atoms with Crippen LogP contribution in [0.2, 0.25) is 0 Å². The minimum Gasteiger partial charge on any atom is -0.463 e. The van der Waals surface area contributed by atoms with Gasteiger partial charge in [0.2, 0.25) is 0 Å². The Morgan fingerprint density at radius 2 is 1.67 bits per heavy atom. The summed E-state index contributed by atoms with van der Waals surface area (Å²) in [5.41, 5.74) is -0.473. The number of esters is 1. The Kier molecular flexibility index (Phi) is 4.99. The van der Waals surface area contributed by atoms with Crippen molar-refractivity contribution >= 4 is 12.1 Å². The normalized spacial score (nSPS) is 24.2. The van der Waals surface area contributed by atoms with Crippen LogP contribution >= 0.6 is 0 Å². The SMILES string of the molecule is CC(=O)O[C@H]1CC[C@H](NC(=O)OC(C)(C)C)CC1. The number of alkyl carbamates (subject to hydrolysis) is 1. The monoisotopic (exact) mass is 257 g/mol. The van der Waals surface area contributed by atoms with E-state index in [0.29, 0.717) is 0 Å². The lowest BCUT2D eigenvalue weighted by Crippen LogP contribution is -2.42. The molecule has 5 heteroatoms. The van der Waals surface area contributed by atoms with Gasteiger partial charge < -0.3 is 14.8 Å². The molecule has 0 heterocycles. The Morgan fingerprint density at radius 1 is 1.11 bits per heavy atom. The van der Waals surface area contributed by atoms with E-state index >= 15 is 0 Å². The molecule has 0 spiro atoms. The van der Waals surface area contributed by atoms with Gasteiger partial charge in [0.05, 0.1) is 0 Å². The smallest absolute Gasteiger partial charge is 0.407 e. The average Bonchev–Trinajstić information content (AvgIpc) is 2.17. The van der Waals surface area contributed by atoms with Crippen LogP contribution in [0, 0.1) is 0 Å². The molecule has 0 saturated heterocycles. The first-order valence-corrected chi connectivity index (χ1v) is 6.43. The standard InChI is InChI=1S/C13H23NO4/c1-9(15)17-11-7-5-10(6-8-11)14-12(16)18-13(2,3)4/h10-11H,5-8H2,1-4H3,(H,14,16)/t10-,11-. The van der Waals surface area contributed by atoms with Crippen LogP contribution in [0.1, 0.15) is 53.4 Å². The molecule has 0 unspecified atom stereocenters. The highest BCUT2D eigenvalue weighted by molar-refractivity contribution is 5.68.